The van der Waals surface area contributed by atoms with Gasteiger partial charge in [-0.2, -0.15) is 0 Å². The molecule has 0 aromatic carbocycles. The molecule has 1 N–H and O–H groups in total. The highest BCUT2D eigenvalue weighted by molar-refractivity contribution is 4.96. The van der Waals surface area contributed by atoms with Crippen LogP contribution in [0.1, 0.15) is 32.0 Å². The van der Waals surface area contributed by atoms with Crippen LogP contribution in [0.2, 0.25) is 0 Å². The molecule has 1 fully saturated rings. The maximum Gasteiger partial charge on any atom is 0.230 e. The summed E-state index contributed by atoms with van der Waals surface area (Å²) in [7, 11) is 0. The zero-order valence-electron chi connectivity index (χ0n) is 9.00. The highest BCUT2D eigenvalue weighted by atomic mass is 16.4. The molecule has 0 radical (unpaired) electrons. The third-order valence-corrected chi connectivity index (χ3v) is 2.95. The zero-order valence-corrected chi connectivity index (χ0v) is 9.00. The summed E-state index contributed by atoms with van der Waals surface area (Å²) >= 11 is 0. The average molecular weight is 195 g/mol. The van der Waals surface area contributed by atoms with Gasteiger partial charge in [-0.3, -0.25) is 0 Å². The Kier molecular flexibility index (Phi) is 2.31. The summed E-state index contributed by atoms with van der Waals surface area (Å²) in [6.45, 7) is 8.15. The van der Waals surface area contributed by atoms with Crippen LogP contribution in [-0.4, -0.2) is 16.7 Å². The molecule has 14 heavy (non-hydrogen) atoms. The van der Waals surface area contributed by atoms with Gasteiger partial charge in [0.25, 0.3) is 0 Å². The second-order valence-electron chi connectivity index (χ2n) is 4.74. The van der Waals surface area contributed by atoms with Crippen LogP contribution in [-0.2, 0) is 6.54 Å². The maximum absolute atomic E-state index is 5.25. The molecule has 1 atom stereocenters. The van der Waals surface area contributed by atoms with E-state index in [1.165, 1.54) is 6.42 Å². The molecular weight excluding hydrogens is 178 g/mol. The number of rotatable bonds is 4. The van der Waals surface area contributed by atoms with Gasteiger partial charge in [-0.1, -0.05) is 13.8 Å². The Morgan fingerprint density at radius 1 is 1.50 bits per heavy atom. The molecule has 1 aliphatic rings. The second-order valence-corrected chi connectivity index (χ2v) is 4.74. The first kappa shape index (κ1) is 9.65. The van der Waals surface area contributed by atoms with Crippen molar-refractivity contribution in [2.24, 2.45) is 11.3 Å². The molecular formula is C10H17N3O. The average Bonchev–Trinajstić information content (AvgIpc) is 2.53. The molecule has 1 saturated carbocycles. The van der Waals surface area contributed by atoms with E-state index in [0.29, 0.717) is 23.7 Å². The molecule has 2 rings (SSSR count). The van der Waals surface area contributed by atoms with E-state index in [4.69, 9.17) is 4.42 Å². The summed E-state index contributed by atoms with van der Waals surface area (Å²) < 4.78 is 5.25. The minimum atomic E-state index is 0.539. The topological polar surface area (TPSA) is 51.0 Å². The van der Waals surface area contributed by atoms with Crippen molar-refractivity contribution in [2.75, 3.05) is 6.54 Å². The maximum atomic E-state index is 5.25. The van der Waals surface area contributed by atoms with E-state index in [0.717, 1.165) is 12.5 Å². The van der Waals surface area contributed by atoms with Gasteiger partial charge in [-0.15, -0.1) is 10.2 Å². The van der Waals surface area contributed by atoms with Crippen LogP contribution in [0.3, 0.4) is 0 Å². The van der Waals surface area contributed by atoms with Gasteiger partial charge in [-0.25, -0.2) is 0 Å². The highest BCUT2D eigenvalue weighted by Gasteiger charge is 2.44. The van der Waals surface area contributed by atoms with Crippen LogP contribution in [0, 0.1) is 18.3 Å². The normalized spacial score (nSPS) is 23.8. The fourth-order valence-corrected chi connectivity index (χ4v) is 1.69. The van der Waals surface area contributed by atoms with Crippen LogP contribution in [0.5, 0.6) is 0 Å². The molecule has 0 amide bonds. The number of aryl methyl sites for hydroxylation is 1. The van der Waals surface area contributed by atoms with Crippen molar-refractivity contribution in [2.45, 2.75) is 33.7 Å². The van der Waals surface area contributed by atoms with Gasteiger partial charge in [0.1, 0.15) is 0 Å². The first-order valence-corrected chi connectivity index (χ1v) is 5.07. The third kappa shape index (κ3) is 2.12. The van der Waals surface area contributed by atoms with Gasteiger partial charge in [0, 0.05) is 6.92 Å². The number of aromatic nitrogens is 2. The van der Waals surface area contributed by atoms with E-state index in [1.54, 1.807) is 6.92 Å². The highest BCUT2D eigenvalue weighted by Crippen LogP contribution is 2.50. The standard InChI is InChI=1S/C10H17N3O/c1-7-12-13-9(14-7)6-11-5-8-4-10(8,2)3/h8,11H,4-6H2,1-3H3. The molecule has 0 spiro atoms. The minimum Gasteiger partial charge on any atom is -0.424 e. The Labute approximate surface area is 84.1 Å². The van der Waals surface area contributed by atoms with E-state index in [2.05, 4.69) is 29.4 Å². The predicted octanol–water partition coefficient (Wildman–Crippen LogP) is 1.51. The van der Waals surface area contributed by atoms with Crippen molar-refractivity contribution in [1.29, 1.82) is 0 Å². The number of nitrogens with zero attached hydrogens (tertiary/aromatic N) is 2. The predicted molar refractivity (Wildman–Crippen MR) is 52.6 cm³/mol. The van der Waals surface area contributed by atoms with Crippen molar-refractivity contribution in [3.8, 4) is 0 Å². The summed E-state index contributed by atoms with van der Waals surface area (Å²) in [6.07, 6.45) is 1.32. The largest absolute Gasteiger partial charge is 0.424 e. The quantitative estimate of drug-likeness (QED) is 0.791. The molecule has 0 aliphatic heterocycles. The molecule has 1 unspecified atom stereocenters. The fraction of sp³-hybridized carbons (Fsp3) is 0.800. The SMILES string of the molecule is Cc1nnc(CNCC2CC2(C)C)o1. The number of hydrogen-bond donors (Lipinski definition) is 1. The second kappa shape index (κ2) is 3.35. The molecule has 1 aromatic rings. The minimum absolute atomic E-state index is 0.539. The van der Waals surface area contributed by atoms with Crippen molar-refractivity contribution < 1.29 is 4.42 Å². The molecule has 1 aromatic heterocycles. The summed E-state index contributed by atoms with van der Waals surface area (Å²) in [6, 6.07) is 0. The molecule has 1 heterocycles. The van der Waals surface area contributed by atoms with Crippen LogP contribution in [0.25, 0.3) is 0 Å². The summed E-state index contributed by atoms with van der Waals surface area (Å²) in [5.74, 6) is 2.13. The van der Waals surface area contributed by atoms with Gasteiger partial charge < -0.3 is 9.73 Å². The molecule has 1 aliphatic carbocycles. The summed E-state index contributed by atoms with van der Waals surface area (Å²) in [5, 5.41) is 11.0. The lowest BCUT2D eigenvalue weighted by atomic mass is 10.1. The molecule has 0 saturated heterocycles. The fourth-order valence-electron chi connectivity index (χ4n) is 1.69. The lowest BCUT2D eigenvalue weighted by molar-refractivity contribution is 0.435. The molecule has 4 heteroatoms. The summed E-state index contributed by atoms with van der Waals surface area (Å²) in [4.78, 5) is 0. The Bertz CT molecular complexity index is 319. The summed E-state index contributed by atoms with van der Waals surface area (Å²) in [5.41, 5.74) is 0.539. The smallest absolute Gasteiger partial charge is 0.230 e. The van der Waals surface area contributed by atoms with E-state index < -0.39 is 0 Å². The van der Waals surface area contributed by atoms with Crippen LogP contribution in [0.4, 0.5) is 0 Å². The first-order valence-electron chi connectivity index (χ1n) is 5.07. The van der Waals surface area contributed by atoms with Crippen LogP contribution >= 0.6 is 0 Å². The van der Waals surface area contributed by atoms with Crippen LogP contribution in [0.15, 0.2) is 4.42 Å². The van der Waals surface area contributed by atoms with Crippen molar-refractivity contribution in [3.63, 3.8) is 0 Å². The Balaban J connectivity index is 1.69. The molecule has 0 bridgehead atoms. The number of nitrogens with one attached hydrogen (secondary N) is 1. The van der Waals surface area contributed by atoms with Gasteiger partial charge in [0.05, 0.1) is 6.54 Å². The van der Waals surface area contributed by atoms with E-state index in [9.17, 15) is 0 Å². The van der Waals surface area contributed by atoms with E-state index >= 15 is 0 Å². The Morgan fingerprint density at radius 2 is 2.21 bits per heavy atom. The van der Waals surface area contributed by atoms with Crippen molar-refractivity contribution in [3.05, 3.63) is 11.8 Å². The first-order chi connectivity index (χ1) is 6.58. The van der Waals surface area contributed by atoms with Gasteiger partial charge in [0.2, 0.25) is 11.8 Å². The Hall–Kier alpha value is -0.900. The lowest BCUT2D eigenvalue weighted by Crippen LogP contribution is -2.18. The van der Waals surface area contributed by atoms with E-state index in [1.807, 2.05) is 0 Å². The lowest BCUT2D eigenvalue weighted by Gasteiger charge is -2.03. The van der Waals surface area contributed by atoms with Crippen molar-refractivity contribution >= 4 is 0 Å². The van der Waals surface area contributed by atoms with Gasteiger partial charge in [0.15, 0.2) is 0 Å². The third-order valence-electron chi connectivity index (χ3n) is 2.95. The van der Waals surface area contributed by atoms with Crippen LogP contribution < -0.4 is 5.32 Å². The Morgan fingerprint density at radius 3 is 2.71 bits per heavy atom. The monoisotopic (exact) mass is 195 g/mol. The molecule has 4 nitrogen and oxygen atoms in total. The van der Waals surface area contributed by atoms with Gasteiger partial charge in [-0.05, 0) is 24.3 Å². The zero-order chi connectivity index (χ0) is 10.2. The number of hydrogen-bond acceptors (Lipinski definition) is 4. The molecule has 78 valence electrons. The van der Waals surface area contributed by atoms with Crippen molar-refractivity contribution in [1.82, 2.24) is 15.5 Å². The van der Waals surface area contributed by atoms with E-state index in [-0.39, 0.29) is 0 Å². The van der Waals surface area contributed by atoms with Gasteiger partial charge >= 0.3 is 0 Å².